The number of thioether (sulfide) groups is 1. The molecule has 1 aromatic heterocycles. The number of amides is 1. The number of benzene rings is 1. The summed E-state index contributed by atoms with van der Waals surface area (Å²) in [6.07, 6.45) is 0. The summed E-state index contributed by atoms with van der Waals surface area (Å²) < 4.78 is 0. The first-order chi connectivity index (χ1) is 17.4. The van der Waals surface area contributed by atoms with Crippen molar-refractivity contribution in [2.75, 3.05) is 57.3 Å². The van der Waals surface area contributed by atoms with Crippen molar-refractivity contribution in [3.05, 3.63) is 47.0 Å². The fourth-order valence-electron chi connectivity index (χ4n) is 5.20. The van der Waals surface area contributed by atoms with Gasteiger partial charge in [-0.3, -0.25) is 19.6 Å². The van der Waals surface area contributed by atoms with E-state index in [1.807, 2.05) is 17.8 Å². The number of carbonyl (C=O) groups is 1. The second-order valence-electron chi connectivity index (χ2n) is 10.2. The Labute approximate surface area is 218 Å². The summed E-state index contributed by atoms with van der Waals surface area (Å²) >= 11 is 2.01. The molecule has 0 bridgehead atoms. The van der Waals surface area contributed by atoms with Gasteiger partial charge in [-0.25, -0.2) is 10.4 Å². The van der Waals surface area contributed by atoms with Crippen LogP contribution in [0.1, 0.15) is 35.3 Å². The molecule has 2 saturated heterocycles. The van der Waals surface area contributed by atoms with E-state index in [1.165, 1.54) is 11.3 Å². The van der Waals surface area contributed by atoms with Crippen molar-refractivity contribution < 1.29 is 4.79 Å². The largest absolute Gasteiger partial charge is 0.339 e. The molecule has 1 unspecified atom stereocenters. The standard InChI is InChI=1S/C26H38N8OS/c1-18(2)34-25-22(13-29-34)21(26(35)28-16-32-15-24-33(17-32)9-10-36-24)12-23(30-25)20-6-4-5-19(11-20)14-31(3)8-7-27/h4-6,11-12,18,24,29H,7-10,13-17,27H2,1-3H3,(H,28,35). The zero-order valence-corrected chi connectivity index (χ0v) is 22.4. The van der Waals surface area contributed by atoms with Gasteiger partial charge in [0, 0.05) is 67.8 Å². The van der Waals surface area contributed by atoms with Gasteiger partial charge in [0.2, 0.25) is 0 Å². The lowest BCUT2D eigenvalue weighted by molar-refractivity contribution is 0.0923. The van der Waals surface area contributed by atoms with E-state index in [4.69, 9.17) is 10.7 Å². The van der Waals surface area contributed by atoms with E-state index in [0.29, 0.717) is 30.7 Å². The maximum absolute atomic E-state index is 13.5. The molecule has 2 aromatic rings. The van der Waals surface area contributed by atoms with Crippen molar-refractivity contribution in [3.63, 3.8) is 0 Å². The summed E-state index contributed by atoms with van der Waals surface area (Å²) in [5.41, 5.74) is 13.8. The highest BCUT2D eigenvalue weighted by molar-refractivity contribution is 8.00. The third kappa shape index (κ3) is 5.39. The molecule has 4 N–H and O–H groups in total. The quantitative estimate of drug-likeness (QED) is 0.466. The van der Waals surface area contributed by atoms with Crippen LogP contribution in [0.2, 0.25) is 0 Å². The molecule has 2 fully saturated rings. The van der Waals surface area contributed by atoms with Crippen LogP contribution in [-0.4, -0.2) is 89.3 Å². The predicted octanol–water partition coefficient (Wildman–Crippen LogP) is 1.71. The van der Waals surface area contributed by atoms with Crippen molar-refractivity contribution in [1.29, 1.82) is 0 Å². The van der Waals surface area contributed by atoms with Crippen molar-refractivity contribution in [3.8, 4) is 11.3 Å². The minimum Gasteiger partial charge on any atom is -0.339 e. The van der Waals surface area contributed by atoms with Crippen LogP contribution >= 0.6 is 11.8 Å². The van der Waals surface area contributed by atoms with E-state index < -0.39 is 0 Å². The first-order valence-corrected chi connectivity index (χ1v) is 13.9. The highest BCUT2D eigenvalue weighted by atomic mass is 32.2. The molecule has 5 rings (SSSR count). The second-order valence-corrected chi connectivity index (χ2v) is 11.5. The highest BCUT2D eigenvalue weighted by Gasteiger charge is 2.34. The van der Waals surface area contributed by atoms with Crippen LogP contribution in [0.3, 0.4) is 0 Å². The van der Waals surface area contributed by atoms with Crippen LogP contribution < -0.4 is 21.5 Å². The van der Waals surface area contributed by atoms with Crippen LogP contribution in [0.25, 0.3) is 11.3 Å². The Morgan fingerprint density at radius 2 is 2.22 bits per heavy atom. The van der Waals surface area contributed by atoms with Crippen molar-refractivity contribution in [2.24, 2.45) is 5.73 Å². The Morgan fingerprint density at radius 1 is 1.36 bits per heavy atom. The molecule has 10 heteroatoms. The highest BCUT2D eigenvalue weighted by Crippen LogP contribution is 2.33. The number of hydrazine groups is 1. The van der Waals surface area contributed by atoms with Gasteiger partial charge >= 0.3 is 0 Å². The molecule has 0 radical (unpaired) electrons. The Bertz CT molecular complexity index is 1080. The van der Waals surface area contributed by atoms with Gasteiger partial charge in [0.1, 0.15) is 5.82 Å². The Kier molecular flexibility index (Phi) is 7.80. The number of rotatable bonds is 9. The third-order valence-electron chi connectivity index (χ3n) is 7.06. The Morgan fingerprint density at radius 3 is 3.00 bits per heavy atom. The fourth-order valence-corrected chi connectivity index (χ4v) is 6.51. The number of anilines is 1. The lowest BCUT2D eigenvalue weighted by Crippen LogP contribution is -2.38. The molecule has 0 aliphatic carbocycles. The number of aromatic nitrogens is 1. The third-order valence-corrected chi connectivity index (χ3v) is 8.31. The van der Waals surface area contributed by atoms with Crippen molar-refractivity contribution >= 4 is 23.5 Å². The average molecular weight is 511 g/mol. The first kappa shape index (κ1) is 25.4. The molecule has 194 valence electrons. The normalized spacial score (nSPS) is 19.9. The molecule has 9 nitrogen and oxygen atoms in total. The van der Waals surface area contributed by atoms with Crippen molar-refractivity contribution in [1.82, 2.24) is 30.4 Å². The maximum Gasteiger partial charge on any atom is 0.252 e. The number of nitrogens with two attached hydrogens (primary N) is 1. The van der Waals surface area contributed by atoms with Gasteiger partial charge in [-0.2, -0.15) is 0 Å². The number of likely N-dealkylation sites (N-methyl/N-ethyl adjacent to an activating group) is 1. The van der Waals surface area contributed by atoms with E-state index >= 15 is 0 Å². The van der Waals surface area contributed by atoms with Gasteiger partial charge in [-0.05, 0) is 38.6 Å². The summed E-state index contributed by atoms with van der Waals surface area (Å²) in [4.78, 5) is 25.5. The maximum atomic E-state index is 13.5. The molecular formula is C26H38N8OS. The predicted molar refractivity (Wildman–Crippen MR) is 146 cm³/mol. The molecule has 1 amide bonds. The van der Waals surface area contributed by atoms with Gasteiger partial charge < -0.3 is 16.0 Å². The number of hydrogen-bond donors (Lipinski definition) is 3. The van der Waals surface area contributed by atoms with E-state index in [1.54, 1.807) is 0 Å². The zero-order chi connectivity index (χ0) is 25.2. The Balaban J connectivity index is 1.39. The van der Waals surface area contributed by atoms with Gasteiger partial charge in [0.05, 0.1) is 24.4 Å². The Hall–Kier alpha value is -2.21. The zero-order valence-electron chi connectivity index (χ0n) is 21.5. The molecular weight excluding hydrogens is 472 g/mol. The minimum atomic E-state index is -0.0409. The first-order valence-electron chi connectivity index (χ1n) is 12.8. The van der Waals surface area contributed by atoms with Gasteiger partial charge in [0.15, 0.2) is 0 Å². The lowest BCUT2D eigenvalue weighted by Gasteiger charge is -2.23. The van der Waals surface area contributed by atoms with Crippen LogP contribution in [0.5, 0.6) is 0 Å². The monoisotopic (exact) mass is 510 g/mol. The van der Waals surface area contributed by atoms with Gasteiger partial charge in [-0.15, -0.1) is 11.8 Å². The molecule has 1 atom stereocenters. The lowest BCUT2D eigenvalue weighted by atomic mass is 10.0. The average Bonchev–Trinajstić information content (AvgIpc) is 3.57. The summed E-state index contributed by atoms with van der Waals surface area (Å²) in [6, 6.07) is 10.6. The van der Waals surface area contributed by atoms with E-state index in [0.717, 1.165) is 55.5 Å². The number of hydrogen-bond acceptors (Lipinski definition) is 9. The minimum absolute atomic E-state index is 0.0409. The summed E-state index contributed by atoms with van der Waals surface area (Å²) in [5, 5.41) is 5.83. The molecule has 4 heterocycles. The van der Waals surface area contributed by atoms with Gasteiger partial charge in [-0.1, -0.05) is 18.2 Å². The number of fused-ring (bicyclic) bond motifs is 2. The van der Waals surface area contributed by atoms with Gasteiger partial charge in [0.25, 0.3) is 5.91 Å². The molecule has 1 aromatic carbocycles. The van der Waals surface area contributed by atoms with E-state index in [9.17, 15) is 4.79 Å². The molecule has 3 aliphatic heterocycles. The smallest absolute Gasteiger partial charge is 0.252 e. The van der Waals surface area contributed by atoms with Crippen molar-refractivity contribution in [2.45, 2.75) is 38.4 Å². The van der Waals surface area contributed by atoms with Crippen LogP contribution in [0, 0.1) is 0 Å². The summed E-state index contributed by atoms with van der Waals surface area (Å²) in [5.74, 6) is 2.01. The summed E-state index contributed by atoms with van der Waals surface area (Å²) in [6.45, 7) is 10.8. The van der Waals surface area contributed by atoms with Crippen LogP contribution in [0.15, 0.2) is 30.3 Å². The SMILES string of the molecule is CC(C)N1NCc2c(C(=O)NCN3CC4SCCN4C3)cc(-c3cccc(CN(C)CCN)c3)nc21. The number of nitrogens with one attached hydrogen (secondary N) is 2. The topological polar surface area (TPSA) is 93.0 Å². The molecule has 36 heavy (non-hydrogen) atoms. The molecule has 3 aliphatic rings. The van der Waals surface area contributed by atoms with Crippen LogP contribution in [0.4, 0.5) is 5.82 Å². The van der Waals surface area contributed by atoms with E-state index in [2.05, 4.69) is 75.6 Å². The second kappa shape index (κ2) is 11.0. The number of pyridine rings is 1. The summed E-state index contributed by atoms with van der Waals surface area (Å²) in [7, 11) is 2.07. The number of nitrogens with zero attached hydrogens (tertiary/aromatic N) is 5. The fraction of sp³-hybridized carbons (Fsp3) is 0.538. The molecule has 0 saturated carbocycles. The number of carbonyl (C=O) groups excluding carboxylic acids is 1. The van der Waals surface area contributed by atoms with E-state index in [-0.39, 0.29) is 11.9 Å². The van der Waals surface area contributed by atoms with Crippen LogP contribution in [-0.2, 0) is 13.1 Å². The molecule has 0 spiro atoms.